The molecule has 0 fully saturated rings. The zero-order chi connectivity index (χ0) is 21.7. The van der Waals surface area contributed by atoms with Crippen molar-refractivity contribution in [1.82, 2.24) is 0 Å². The van der Waals surface area contributed by atoms with Crippen LogP contribution in [-0.4, -0.2) is 18.6 Å². The van der Waals surface area contributed by atoms with E-state index in [2.05, 4.69) is 13.8 Å². The van der Waals surface area contributed by atoms with Crippen LogP contribution >= 0.6 is 0 Å². The van der Waals surface area contributed by atoms with Crippen molar-refractivity contribution in [2.75, 3.05) is 0 Å². The first kappa shape index (κ1) is 27.4. The molecule has 0 aliphatic heterocycles. The van der Waals surface area contributed by atoms with Crippen LogP contribution < -0.4 is 0 Å². The predicted octanol–water partition coefficient (Wildman–Crippen LogP) is 6.36. The number of rotatable bonds is 16. The van der Waals surface area contributed by atoms with Crippen molar-refractivity contribution in [1.29, 1.82) is 0 Å². The Labute approximate surface area is 177 Å². The third kappa shape index (κ3) is 18.2. The number of unbranched alkanes of at least 4 members (excludes halogenated alkanes) is 10. The number of furan rings is 1. The fourth-order valence-electron chi connectivity index (χ4n) is 3.09. The third-order valence-corrected chi connectivity index (χ3v) is 4.69. The minimum atomic E-state index is -3.11. The second kappa shape index (κ2) is 19.7. The molecule has 1 unspecified atom stereocenters. The zero-order valence-electron chi connectivity index (χ0n) is 18.1. The molecule has 0 spiro atoms. The minimum Gasteiger partial charge on any atom is -0.465 e. The van der Waals surface area contributed by atoms with Crippen LogP contribution in [-0.2, 0) is 20.1 Å². The summed E-state index contributed by atoms with van der Waals surface area (Å²) in [6.45, 7) is 4.35. The van der Waals surface area contributed by atoms with E-state index in [0.29, 0.717) is 6.42 Å². The van der Waals surface area contributed by atoms with Crippen LogP contribution in [0.15, 0.2) is 22.8 Å². The largest absolute Gasteiger partial charge is 0.465 e. The number of hydrogen-bond donors (Lipinski definition) is 0. The predicted molar refractivity (Wildman–Crippen MR) is 113 cm³/mol. The summed E-state index contributed by atoms with van der Waals surface area (Å²) in [7, 11) is -3.11. The molecule has 1 rings (SSSR count). The van der Waals surface area contributed by atoms with Crippen LogP contribution in [0.5, 0.6) is 0 Å². The van der Waals surface area contributed by atoms with Gasteiger partial charge in [0.2, 0.25) is 0 Å². The molecule has 6 nitrogen and oxygen atoms in total. The summed E-state index contributed by atoms with van der Waals surface area (Å²) in [4.78, 5) is 11.9. The Bertz CT molecular complexity index is 587. The molecule has 0 saturated heterocycles. The molecule has 0 bridgehead atoms. The van der Waals surface area contributed by atoms with Gasteiger partial charge in [0.05, 0.1) is 6.26 Å². The van der Waals surface area contributed by atoms with Crippen molar-refractivity contribution in [2.45, 2.75) is 110 Å². The fourth-order valence-corrected chi connectivity index (χ4v) is 3.09. The fraction of sp³-hybridized carbons (Fsp3) is 0.773. The van der Waals surface area contributed by atoms with Crippen molar-refractivity contribution >= 4 is 16.6 Å². The van der Waals surface area contributed by atoms with E-state index < -0.39 is 10.6 Å². The number of carbonyl (C=O) groups excluding carboxylic acids is 1. The van der Waals surface area contributed by atoms with Crippen LogP contribution in [0.2, 0.25) is 0 Å². The summed E-state index contributed by atoms with van der Waals surface area (Å²) < 4.78 is 36.4. The monoisotopic (exact) mass is 430 g/mol. The van der Waals surface area contributed by atoms with Crippen LogP contribution in [0.25, 0.3) is 0 Å². The van der Waals surface area contributed by atoms with E-state index in [1.807, 2.05) is 12.1 Å². The van der Waals surface area contributed by atoms with Gasteiger partial charge >= 0.3 is 16.6 Å². The highest BCUT2D eigenvalue weighted by Crippen LogP contribution is 2.25. The lowest BCUT2D eigenvalue weighted by Gasteiger charge is -2.16. The third-order valence-electron chi connectivity index (χ3n) is 4.69. The van der Waals surface area contributed by atoms with E-state index in [9.17, 15) is 4.79 Å². The molecule has 1 heterocycles. The molecule has 0 radical (unpaired) electrons. The summed E-state index contributed by atoms with van der Waals surface area (Å²) in [6, 6.07) is 3.77. The van der Waals surface area contributed by atoms with E-state index >= 15 is 0 Å². The molecular weight excluding hydrogens is 392 g/mol. The average molecular weight is 431 g/mol. The number of ether oxygens (including phenoxy) is 1. The van der Waals surface area contributed by atoms with Crippen molar-refractivity contribution in [2.24, 2.45) is 0 Å². The molecule has 0 N–H and O–H groups in total. The van der Waals surface area contributed by atoms with Crippen molar-refractivity contribution in [3.05, 3.63) is 24.2 Å². The Morgan fingerprint density at radius 2 is 1.41 bits per heavy atom. The van der Waals surface area contributed by atoms with Crippen molar-refractivity contribution in [3.8, 4) is 0 Å². The lowest BCUT2D eigenvalue weighted by Crippen LogP contribution is -2.11. The minimum absolute atomic E-state index is 0.102. The van der Waals surface area contributed by atoms with Gasteiger partial charge in [0.1, 0.15) is 5.76 Å². The molecule has 0 aliphatic carbocycles. The van der Waals surface area contributed by atoms with Gasteiger partial charge in [-0.05, 0) is 31.4 Å². The van der Waals surface area contributed by atoms with Gasteiger partial charge < -0.3 is 9.15 Å². The molecule has 0 amide bonds. The maximum Gasteiger partial charge on any atom is 0.425 e. The van der Waals surface area contributed by atoms with E-state index in [1.165, 1.54) is 57.8 Å². The molecule has 0 aliphatic rings. The molecule has 1 atom stereocenters. The van der Waals surface area contributed by atoms with E-state index in [1.54, 1.807) is 6.26 Å². The van der Waals surface area contributed by atoms with Gasteiger partial charge in [-0.3, -0.25) is 4.79 Å². The first-order valence-electron chi connectivity index (χ1n) is 11.0. The van der Waals surface area contributed by atoms with Crippen molar-refractivity contribution in [3.63, 3.8) is 0 Å². The normalized spacial score (nSPS) is 11.4. The standard InChI is InChI=1S/C22H38O3.O3S/c1-3-5-7-8-9-10-11-12-13-14-16-21(20-17-15-19-24-20)25-22(23)18-6-4-2;1-4(2)3/h15,17,19,21H,3-14,16,18H2,1-2H3;. The summed E-state index contributed by atoms with van der Waals surface area (Å²) >= 11 is 0. The van der Waals surface area contributed by atoms with Gasteiger partial charge in [0.25, 0.3) is 0 Å². The molecule has 1 aromatic heterocycles. The highest BCUT2D eigenvalue weighted by molar-refractivity contribution is 7.59. The Morgan fingerprint density at radius 1 is 0.897 bits per heavy atom. The zero-order valence-corrected chi connectivity index (χ0v) is 18.9. The maximum atomic E-state index is 11.9. The number of hydrogen-bond acceptors (Lipinski definition) is 6. The van der Waals surface area contributed by atoms with Gasteiger partial charge in [-0.15, -0.1) is 12.6 Å². The van der Waals surface area contributed by atoms with E-state index in [0.717, 1.165) is 31.4 Å². The smallest absolute Gasteiger partial charge is 0.425 e. The lowest BCUT2D eigenvalue weighted by atomic mass is 10.0. The molecule has 7 heteroatoms. The van der Waals surface area contributed by atoms with Crippen LogP contribution in [0.3, 0.4) is 0 Å². The van der Waals surface area contributed by atoms with Crippen LogP contribution in [0.1, 0.15) is 116 Å². The lowest BCUT2D eigenvalue weighted by molar-refractivity contribution is -0.151. The summed E-state index contributed by atoms with van der Waals surface area (Å²) in [5.41, 5.74) is 0. The number of carbonyl (C=O) groups is 1. The van der Waals surface area contributed by atoms with Crippen LogP contribution in [0.4, 0.5) is 0 Å². The van der Waals surface area contributed by atoms with Gasteiger partial charge in [-0.25, -0.2) is 0 Å². The Balaban J connectivity index is 0.00000178. The van der Waals surface area contributed by atoms with E-state index in [4.69, 9.17) is 21.8 Å². The Kier molecular flexibility index (Phi) is 18.6. The second-order valence-electron chi connectivity index (χ2n) is 7.27. The van der Waals surface area contributed by atoms with E-state index in [-0.39, 0.29) is 12.1 Å². The molecule has 0 aromatic carbocycles. The Hall–Kier alpha value is -1.63. The SMILES string of the molecule is CCCCCCCCCCCCC(OC(=O)CCCC)c1ccco1.O=S(=O)=O. The van der Waals surface area contributed by atoms with Crippen molar-refractivity contribution < 1.29 is 26.6 Å². The van der Waals surface area contributed by atoms with Crippen LogP contribution in [0, 0.1) is 0 Å². The molecule has 0 saturated carbocycles. The summed E-state index contributed by atoms with van der Waals surface area (Å²) in [5.74, 6) is 0.677. The van der Waals surface area contributed by atoms with Gasteiger partial charge in [0.15, 0.2) is 6.10 Å². The molecular formula is C22H38O6S. The average Bonchev–Trinajstić information content (AvgIpc) is 3.21. The maximum absolute atomic E-state index is 11.9. The second-order valence-corrected chi connectivity index (χ2v) is 7.68. The highest BCUT2D eigenvalue weighted by Gasteiger charge is 2.18. The molecule has 1 aromatic rings. The number of esters is 1. The highest BCUT2D eigenvalue weighted by atomic mass is 32.2. The van der Waals surface area contributed by atoms with Gasteiger partial charge in [-0.2, -0.15) is 0 Å². The summed E-state index contributed by atoms with van der Waals surface area (Å²) in [6.07, 6.45) is 17.8. The first-order chi connectivity index (χ1) is 14.0. The first-order valence-corrected chi connectivity index (χ1v) is 12.0. The molecule has 29 heavy (non-hydrogen) atoms. The molecule has 168 valence electrons. The quantitative estimate of drug-likeness (QED) is 0.224. The topological polar surface area (TPSA) is 90.7 Å². The van der Waals surface area contributed by atoms with Gasteiger partial charge in [-0.1, -0.05) is 78.1 Å². The van der Waals surface area contributed by atoms with Gasteiger partial charge in [0, 0.05) is 6.42 Å². The summed E-state index contributed by atoms with van der Waals surface area (Å²) in [5, 5.41) is 0. The Morgan fingerprint density at radius 3 is 1.90 bits per heavy atom.